The zero-order chi connectivity index (χ0) is 23.5. The van der Waals surface area contributed by atoms with E-state index in [-0.39, 0.29) is 22.6 Å². The van der Waals surface area contributed by atoms with Gasteiger partial charge in [0.15, 0.2) is 0 Å². The Morgan fingerprint density at radius 2 is 2.00 bits per heavy atom. The molecule has 1 aromatic rings. The first-order valence-electron chi connectivity index (χ1n) is 12.6. The Bertz CT molecular complexity index is 1020. The Hall–Kier alpha value is -2.37. The standard InChI is InChI=1S/C27H38N4O2/c1-16-14-18-19-9-8-17(15-23(32)30-22-7-5-6-21(28)29-22)26(19,2)12-10-20(18)27(3)13-11-24(33)31(4)25(16)27/h5-7,17-20H,8-15H2,1-4H3,(H3,28,29,30,32)/t17-,18+,19+,20+,26-,27-/m1/s1. The minimum absolute atomic E-state index is 0.0449. The average molecular weight is 451 g/mol. The van der Waals surface area contributed by atoms with Crippen molar-refractivity contribution in [2.75, 3.05) is 18.1 Å². The molecule has 5 rings (SSSR count). The van der Waals surface area contributed by atoms with Crippen molar-refractivity contribution in [3.05, 3.63) is 29.5 Å². The normalized spacial score (nSPS) is 37.9. The highest BCUT2D eigenvalue weighted by Crippen LogP contribution is 2.67. The van der Waals surface area contributed by atoms with E-state index in [0.29, 0.717) is 48.1 Å². The third-order valence-corrected chi connectivity index (χ3v) is 9.98. The van der Waals surface area contributed by atoms with E-state index in [9.17, 15) is 9.59 Å². The molecule has 0 aromatic carbocycles. The summed E-state index contributed by atoms with van der Waals surface area (Å²) in [5.74, 6) is 3.60. The number of hydrogen-bond donors (Lipinski definition) is 2. The third-order valence-electron chi connectivity index (χ3n) is 9.98. The van der Waals surface area contributed by atoms with Crippen LogP contribution in [-0.4, -0.2) is 28.7 Å². The summed E-state index contributed by atoms with van der Waals surface area (Å²) in [6.07, 6.45) is 7.98. The first-order chi connectivity index (χ1) is 15.6. The molecule has 6 heteroatoms. The summed E-state index contributed by atoms with van der Waals surface area (Å²) in [6, 6.07) is 5.33. The summed E-state index contributed by atoms with van der Waals surface area (Å²) in [5.41, 5.74) is 8.79. The Morgan fingerprint density at radius 3 is 2.76 bits per heavy atom. The molecule has 0 spiro atoms. The molecule has 0 bridgehead atoms. The summed E-state index contributed by atoms with van der Waals surface area (Å²) in [4.78, 5) is 31.6. The Morgan fingerprint density at radius 1 is 1.21 bits per heavy atom. The van der Waals surface area contributed by atoms with Crippen molar-refractivity contribution in [3.63, 3.8) is 0 Å². The van der Waals surface area contributed by atoms with E-state index in [4.69, 9.17) is 5.73 Å². The summed E-state index contributed by atoms with van der Waals surface area (Å²) in [5, 5.41) is 2.96. The second-order valence-electron chi connectivity index (χ2n) is 11.6. The highest BCUT2D eigenvalue weighted by atomic mass is 16.2. The first kappa shape index (κ1) is 22.4. The van der Waals surface area contributed by atoms with Gasteiger partial charge in [0.1, 0.15) is 11.6 Å². The minimum atomic E-state index is 0.0449. The second-order valence-corrected chi connectivity index (χ2v) is 11.6. The SMILES string of the molecule is CC1=C2N(C)C(=O)CC[C@]2(C)[C@H]2CC[C@]3(C)[C@@H](CC(=O)Nc4cccc(N)n4)CC[C@H]3[C@@H]2C1. The minimum Gasteiger partial charge on any atom is -0.384 e. The Labute approximate surface area is 197 Å². The van der Waals surface area contributed by atoms with Gasteiger partial charge in [-0.25, -0.2) is 4.98 Å². The van der Waals surface area contributed by atoms with Crippen LogP contribution in [0.5, 0.6) is 0 Å². The lowest BCUT2D eigenvalue weighted by Gasteiger charge is -2.59. The number of nitrogen functional groups attached to an aromatic ring is 1. The van der Waals surface area contributed by atoms with Crippen molar-refractivity contribution in [1.29, 1.82) is 0 Å². The van der Waals surface area contributed by atoms with Gasteiger partial charge in [-0.3, -0.25) is 9.59 Å². The van der Waals surface area contributed by atoms with Gasteiger partial charge in [-0.2, -0.15) is 0 Å². The van der Waals surface area contributed by atoms with Crippen LogP contribution in [0.4, 0.5) is 11.6 Å². The van der Waals surface area contributed by atoms with Crippen LogP contribution in [0, 0.1) is 34.5 Å². The molecule has 3 fully saturated rings. The number of nitrogens with two attached hydrogens (primary N) is 1. The van der Waals surface area contributed by atoms with E-state index in [1.165, 1.54) is 30.5 Å². The number of fused-ring (bicyclic) bond motifs is 5. The van der Waals surface area contributed by atoms with Crippen LogP contribution in [0.1, 0.15) is 72.1 Å². The molecule has 4 aliphatic rings. The van der Waals surface area contributed by atoms with Gasteiger partial charge in [0, 0.05) is 31.0 Å². The van der Waals surface area contributed by atoms with Crippen LogP contribution >= 0.6 is 0 Å². The van der Waals surface area contributed by atoms with Crippen LogP contribution < -0.4 is 11.1 Å². The van der Waals surface area contributed by atoms with Crippen molar-refractivity contribution in [2.45, 2.75) is 72.1 Å². The molecular weight excluding hydrogens is 412 g/mol. The molecule has 178 valence electrons. The topological polar surface area (TPSA) is 88.3 Å². The van der Waals surface area contributed by atoms with Crippen molar-refractivity contribution < 1.29 is 9.59 Å². The fourth-order valence-electron chi connectivity index (χ4n) is 8.49. The van der Waals surface area contributed by atoms with Crippen LogP contribution in [0.3, 0.4) is 0 Å². The molecule has 2 heterocycles. The van der Waals surface area contributed by atoms with Gasteiger partial charge in [-0.05, 0) is 86.7 Å². The molecule has 3 aliphatic carbocycles. The van der Waals surface area contributed by atoms with E-state index in [1.54, 1.807) is 12.1 Å². The van der Waals surface area contributed by atoms with Crippen LogP contribution in [0.25, 0.3) is 0 Å². The third kappa shape index (κ3) is 3.48. The smallest absolute Gasteiger partial charge is 0.226 e. The largest absolute Gasteiger partial charge is 0.384 e. The summed E-state index contributed by atoms with van der Waals surface area (Å²) < 4.78 is 0. The van der Waals surface area contributed by atoms with E-state index < -0.39 is 0 Å². The monoisotopic (exact) mass is 450 g/mol. The molecule has 2 saturated carbocycles. The number of likely N-dealkylation sites (tertiary alicyclic amines) is 1. The molecule has 1 saturated heterocycles. The molecule has 6 nitrogen and oxygen atoms in total. The number of carbonyl (C=O) groups is 2. The van der Waals surface area contributed by atoms with Gasteiger partial charge in [-0.1, -0.05) is 25.5 Å². The number of piperidine rings is 1. The van der Waals surface area contributed by atoms with Crippen molar-refractivity contribution in [1.82, 2.24) is 9.88 Å². The molecule has 0 radical (unpaired) electrons. The first-order valence-corrected chi connectivity index (χ1v) is 12.6. The number of allylic oxidation sites excluding steroid dienone is 2. The molecule has 2 amide bonds. The molecule has 33 heavy (non-hydrogen) atoms. The number of amides is 2. The van der Waals surface area contributed by atoms with Gasteiger partial charge in [0.05, 0.1) is 0 Å². The number of nitrogens with one attached hydrogen (secondary N) is 1. The number of anilines is 2. The highest BCUT2D eigenvalue weighted by molar-refractivity contribution is 5.90. The van der Waals surface area contributed by atoms with E-state index in [1.807, 2.05) is 18.0 Å². The van der Waals surface area contributed by atoms with Crippen molar-refractivity contribution >= 4 is 23.5 Å². The predicted molar refractivity (Wildman–Crippen MR) is 130 cm³/mol. The number of pyridine rings is 1. The summed E-state index contributed by atoms with van der Waals surface area (Å²) >= 11 is 0. The van der Waals surface area contributed by atoms with E-state index in [2.05, 4.69) is 31.1 Å². The second kappa shape index (κ2) is 7.85. The van der Waals surface area contributed by atoms with E-state index >= 15 is 0 Å². The van der Waals surface area contributed by atoms with Gasteiger partial charge in [0.25, 0.3) is 0 Å². The average Bonchev–Trinajstić information content (AvgIpc) is 3.07. The molecule has 1 aromatic heterocycles. The number of rotatable bonds is 3. The Kier molecular flexibility index (Phi) is 5.33. The number of aromatic nitrogens is 1. The van der Waals surface area contributed by atoms with Crippen molar-refractivity contribution in [2.24, 2.45) is 34.5 Å². The van der Waals surface area contributed by atoms with Gasteiger partial charge in [-0.15, -0.1) is 0 Å². The zero-order valence-corrected chi connectivity index (χ0v) is 20.5. The lowest BCUT2D eigenvalue weighted by molar-refractivity contribution is -0.136. The number of carbonyl (C=O) groups excluding carboxylic acids is 2. The fourth-order valence-corrected chi connectivity index (χ4v) is 8.49. The molecular formula is C27H38N4O2. The quantitative estimate of drug-likeness (QED) is 0.679. The zero-order valence-electron chi connectivity index (χ0n) is 20.5. The maximum Gasteiger partial charge on any atom is 0.226 e. The van der Waals surface area contributed by atoms with Gasteiger partial charge >= 0.3 is 0 Å². The maximum atomic E-state index is 12.9. The number of nitrogens with zero attached hydrogens (tertiary/aromatic N) is 2. The van der Waals surface area contributed by atoms with Gasteiger partial charge in [0.2, 0.25) is 11.8 Å². The van der Waals surface area contributed by atoms with E-state index in [0.717, 1.165) is 19.3 Å². The predicted octanol–water partition coefficient (Wildman–Crippen LogP) is 4.99. The number of hydrogen-bond acceptors (Lipinski definition) is 4. The molecule has 1 aliphatic heterocycles. The Balaban J connectivity index is 1.35. The van der Waals surface area contributed by atoms with Gasteiger partial charge < -0.3 is 16.0 Å². The fraction of sp³-hybridized carbons (Fsp3) is 0.667. The molecule has 0 unspecified atom stereocenters. The van der Waals surface area contributed by atoms with Crippen molar-refractivity contribution in [3.8, 4) is 0 Å². The van der Waals surface area contributed by atoms with Crippen LogP contribution in [0.2, 0.25) is 0 Å². The summed E-state index contributed by atoms with van der Waals surface area (Å²) in [7, 11) is 1.98. The molecule has 6 atom stereocenters. The lowest BCUT2D eigenvalue weighted by Crippen LogP contribution is -2.54. The lowest BCUT2D eigenvalue weighted by atomic mass is 9.48. The maximum absolute atomic E-state index is 12.9. The molecule has 3 N–H and O–H groups in total. The summed E-state index contributed by atoms with van der Waals surface area (Å²) in [6.45, 7) is 7.13. The van der Waals surface area contributed by atoms with Crippen LogP contribution in [-0.2, 0) is 9.59 Å². The highest BCUT2D eigenvalue weighted by Gasteiger charge is 2.60. The van der Waals surface area contributed by atoms with Crippen LogP contribution in [0.15, 0.2) is 29.5 Å².